The molecule has 0 nitrogen and oxygen atoms in total. The van der Waals surface area contributed by atoms with Gasteiger partial charge in [-0.25, -0.2) is 0 Å². The third-order valence-corrected chi connectivity index (χ3v) is 1.80. The van der Waals surface area contributed by atoms with E-state index in [0.29, 0.717) is 0 Å². The standard InChI is InChI=1S/C8H4S/c1-3-7-5-6-9-8(7)4-2/h1-2,5-6H. The molecule has 0 aliphatic carbocycles. The van der Waals surface area contributed by atoms with Crippen molar-refractivity contribution in [3.05, 3.63) is 21.9 Å². The van der Waals surface area contributed by atoms with Crippen LogP contribution in [0.1, 0.15) is 10.4 Å². The molecule has 0 N–H and O–H groups in total. The molecule has 0 aliphatic rings. The molecule has 0 bridgehead atoms. The molecule has 1 aromatic rings. The van der Waals surface area contributed by atoms with Crippen LogP contribution >= 0.6 is 11.3 Å². The van der Waals surface area contributed by atoms with Crippen LogP contribution in [0.15, 0.2) is 11.4 Å². The molecule has 1 heterocycles. The summed E-state index contributed by atoms with van der Waals surface area (Å²) in [5.41, 5.74) is 0.822. The Morgan fingerprint density at radius 1 is 1.33 bits per heavy atom. The Balaban J connectivity index is 3.22. The predicted molar refractivity (Wildman–Crippen MR) is 40.2 cm³/mol. The van der Waals surface area contributed by atoms with E-state index < -0.39 is 0 Å². The second-order valence-electron chi connectivity index (χ2n) is 1.45. The fourth-order valence-corrected chi connectivity index (χ4v) is 1.20. The summed E-state index contributed by atoms with van der Waals surface area (Å²) >= 11 is 1.50. The normalized spacial score (nSPS) is 7.78. The van der Waals surface area contributed by atoms with Gasteiger partial charge in [-0.05, 0) is 11.4 Å². The lowest BCUT2D eigenvalue weighted by Crippen LogP contribution is -1.68. The minimum absolute atomic E-state index is 0.822. The van der Waals surface area contributed by atoms with Crippen molar-refractivity contribution in [1.29, 1.82) is 0 Å². The van der Waals surface area contributed by atoms with Gasteiger partial charge in [-0.15, -0.1) is 24.2 Å². The van der Waals surface area contributed by atoms with Crippen LogP contribution in [0.2, 0.25) is 0 Å². The molecule has 0 aromatic carbocycles. The van der Waals surface area contributed by atoms with Crippen molar-refractivity contribution in [2.75, 3.05) is 0 Å². The van der Waals surface area contributed by atoms with Gasteiger partial charge in [0.2, 0.25) is 0 Å². The summed E-state index contributed by atoms with van der Waals surface area (Å²) in [6, 6.07) is 1.85. The number of hydrogen-bond acceptors (Lipinski definition) is 1. The second kappa shape index (κ2) is 2.40. The van der Waals surface area contributed by atoms with Crippen LogP contribution in [0, 0.1) is 24.7 Å². The van der Waals surface area contributed by atoms with E-state index in [1.807, 2.05) is 11.4 Å². The van der Waals surface area contributed by atoms with Gasteiger partial charge in [0.1, 0.15) is 0 Å². The maximum Gasteiger partial charge on any atom is 0.0921 e. The Morgan fingerprint density at radius 2 is 2.11 bits per heavy atom. The first-order valence-corrected chi connectivity index (χ1v) is 3.27. The van der Waals surface area contributed by atoms with Gasteiger partial charge in [0.05, 0.1) is 10.4 Å². The van der Waals surface area contributed by atoms with Crippen LogP contribution in [0.25, 0.3) is 0 Å². The third kappa shape index (κ3) is 0.964. The molecule has 1 rings (SSSR count). The predicted octanol–water partition coefficient (Wildman–Crippen LogP) is 1.71. The van der Waals surface area contributed by atoms with E-state index in [2.05, 4.69) is 11.8 Å². The van der Waals surface area contributed by atoms with Crippen LogP contribution in [0.4, 0.5) is 0 Å². The zero-order valence-corrected chi connectivity index (χ0v) is 5.53. The number of thiophene rings is 1. The topological polar surface area (TPSA) is 0 Å². The zero-order valence-electron chi connectivity index (χ0n) is 4.72. The lowest BCUT2D eigenvalue weighted by Gasteiger charge is -1.79. The lowest BCUT2D eigenvalue weighted by molar-refractivity contribution is 1.81. The molecule has 1 heteroatoms. The van der Waals surface area contributed by atoms with Crippen molar-refractivity contribution in [2.45, 2.75) is 0 Å². The lowest BCUT2D eigenvalue weighted by atomic mass is 10.3. The minimum atomic E-state index is 0.822. The van der Waals surface area contributed by atoms with Gasteiger partial charge in [-0.2, -0.15) is 0 Å². The summed E-state index contributed by atoms with van der Waals surface area (Å²) in [6.45, 7) is 0. The van der Waals surface area contributed by atoms with E-state index >= 15 is 0 Å². The Morgan fingerprint density at radius 3 is 2.56 bits per heavy atom. The highest BCUT2D eigenvalue weighted by molar-refractivity contribution is 7.10. The van der Waals surface area contributed by atoms with E-state index in [1.54, 1.807) is 0 Å². The summed E-state index contributed by atoms with van der Waals surface area (Å²) in [5.74, 6) is 5.00. The highest BCUT2D eigenvalue weighted by atomic mass is 32.1. The van der Waals surface area contributed by atoms with Gasteiger partial charge in [0.25, 0.3) is 0 Å². The van der Waals surface area contributed by atoms with Crippen molar-refractivity contribution in [3.63, 3.8) is 0 Å². The Bertz CT molecular complexity index is 252. The number of hydrogen-bond donors (Lipinski definition) is 0. The number of terminal acetylenes is 2. The molecule has 1 aromatic heterocycles. The molecule has 0 spiro atoms. The van der Waals surface area contributed by atoms with Crippen molar-refractivity contribution in [1.82, 2.24) is 0 Å². The average Bonchev–Trinajstić information content (AvgIpc) is 2.33. The quantitative estimate of drug-likeness (QED) is 0.471. The molecule has 0 aliphatic heterocycles. The summed E-state index contributed by atoms with van der Waals surface area (Å²) in [7, 11) is 0. The molecule has 0 atom stereocenters. The van der Waals surface area contributed by atoms with Crippen LogP contribution in [0.5, 0.6) is 0 Å². The second-order valence-corrected chi connectivity index (χ2v) is 2.37. The highest BCUT2D eigenvalue weighted by Crippen LogP contribution is 2.12. The molecule has 0 saturated heterocycles. The molecular weight excluding hydrogens is 128 g/mol. The summed E-state index contributed by atoms with van der Waals surface area (Å²) in [5, 5.41) is 1.89. The minimum Gasteiger partial charge on any atom is -0.134 e. The molecule has 0 radical (unpaired) electrons. The van der Waals surface area contributed by atoms with Gasteiger partial charge in [-0.3, -0.25) is 0 Å². The van der Waals surface area contributed by atoms with E-state index in [0.717, 1.165) is 10.4 Å². The molecular formula is C8H4S. The Labute approximate surface area is 58.5 Å². The van der Waals surface area contributed by atoms with Gasteiger partial charge in [0, 0.05) is 0 Å². The molecule has 0 fully saturated rings. The number of rotatable bonds is 0. The first-order valence-electron chi connectivity index (χ1n) is 2.39. The van der Waals surface area contributed by atoms with Crippen LogP contribution in [0.3, 0.4) is 0 Å². The largest absolute Gasteiger partial charge is 0.134 e. The first-order chi connectivity index (χ1) is 4.38. The fourth-order valence-electron chi connectivity index (χ4n) is 0.535. The van der Waals surface area contributed by atoms with E-state index in [9.17, 15) is 0 Å². The van der Waals surface area contributed by atoms with Crippen molar-refractivity contribution in [3.8, 4) is 24.7 Å². The van der Waals surface area contributed by atoms with Gasteiger partial charge < -0.3 is 0 Å². The Hall–Kier alpha value is -1.18. The first kappa shape index (κ1) is 5.95. The monoisotopic (exact) mass is 132 g/mol. The molecule has 0 unspecified atom stereocenters. The van der Waals surface area contributed by atoms with E-state index in [1.165, 1.54) is 11.3 Å². The van der Waals surface area contributed by atoms with Gasteiger partial charge in [-0.1, -0.05) is 11.8 Å². The van der Waals surface area contributed by atoms with Gasteiger partial charge in [0.15, 0.2) is 0 Å². The Kier molecular flexibility index (Phi) is 1.58. The average molecular weight is 132 g/mol. The zero-order chi connectivity index (χ0) is 6.69. The summed E-state index contributed by atoms with van der Waals surface area (Å²) < 4.78 is 0. The highest BCUT2D eigenvalue weighted by Gasteiger charge is 1.94. The summed E-state index contributed by atoms with van der Waals surface area (Å²) in [4.78, 5) is 0.845. The van der Waals surface area contributed by atoms with Gasteiger partial charge >= 0.3 is 0 Å². The molecule has 0 amide bonds. The molecule has 0 saturated carbocycles. The van der Waals surface area contributed by atoms with Crippen LogP contribution in [-0.4, -0.2) is 0 Å². The fraction of sp³-hybridized carbons (Fsp3) is 0. The maximum absolute atomic E-state index is 5.14. The SMILES string of the molecule is C#Cc1ccsc1C#C. The smallest absolute Gasteiger partial charge is 0.0921 e. The van der Waals surface area contributed by atoms with Crippen molar-refractivity contribution in [2.24, 2.45) is 0 Å². The summed E-state index contributed by atoms with van der Waals surface area (Å²) in [6.07, 6.45) is 10.3. The molecule has 42 valence electrons. The van der Waals surface area contributed by atoms with Crippen LogP contribution < -0.4 is 0 Å². The van der Waals surface area contributed by atoms with Crippen molar-refractivity contribution >= 4 is 11.3 Å². The van der Waals surface area contributed by atoms with Crippen molar-refractivity contribution < 1.29 is 0 Å². The maximum atomic E-state index is 5.14. The van der Waals surface area contributed by atoms with E-state index in [-0.39, 0.29) is 0 Å². The van der Waals surface area contributed by atoms with Crippen LogP contribution in [-0.2, 0) is 0 Å². The third-order valence-electron chi connectivity index (χ3n) is 0.952. The van der Waals surface area contributed by atoms with E-state index in [4.69, 9.17) is 12.8 Å². The molecule has 9 heavy (non-hydrogen) atoms.